The van der Waals surface area contributed by atoms with Gasteiger partial charge in [0.05, 0.1) is 15.5 Å². The second kappa shape index (κ2) is 14.4. The lowest BCUT2D eigenvalue weighted by atomic mass is 9.87. The molecule has 0 aromatic heterocycles. The van der Waals surface area contributed by atoms with Gasteiger partial charge in [-0.25, -0.2) is 21.7 Å². The molecule has 1 unspecified atom stereocenters. The molecular formula is C35H49N5O8S2. The lowest BCUT2D eigenvalue weighted by Gasteiger charge is -2.34. The molecule has 0 saturated carbocycles. The first kappa shape index (κ1) is 38.0. The van der Waals surface area contributed by atoms with E-state index in [2.05, 4.69) is 10.7 Å². The summed E-state index contributed by atoms with van der Waals surface area (Å²) in [6.07, 6.45) is 1.84. The number of nitrogens with two attached hydrogens (primary N) is 1. The van der Waals surface area contributed by atoms with Gasteiger partial charge in [0.1, 0.15) is 11.7 Å². The van der Waals surface area contributed by atoms with Gasteiger partial charge in [0.25, 0.3) is 0 Å². The zero-order chi connectivity index (χ0) is 36.8. The van der Waals surface area contributed by atoms with Gasteiger partial charge in [-0.2, -0.15) is 8.61 Å². The molecule has 0 radical (unpaired) electrons. The Kier molecular flexibility index (Phi) is 11.0. The zero-order valence-electron chi connectivity index (χ0n) is 29.8. The average Bonchev–Trinajstić information content (AvgIpc) is 3.03. The highest BCUT2D eigenvalue weighted by Gasteiger charge is 2.34. The highest BCUT2D eigenvalue weighted by Crippen LogP contribution is 2.44. The number of carbonyl (C=O) groups excluding carboxylic acids is 1. The van der Waals surface area contributed by atoms with Crippen molar-refractivity contribution in [2.24, 2.45) is 40.0 Å². The number of hydrogen-bond donors (Lipinski definition) is 2. The van der Waals surface area contributed by atoms with Crippen LogP contribution < -0.4 is 11.2 Å². The van der Waals surface area contributed by atoms with E-state index in [0.717, 1.165) is 12.8 Å². The summed E-state index contributed by atoms with van der Waals surface area (Å²) in [7, 11) is -7.91. The number of rotatable bonds is 10. The Morgan fingerprint density at radius 1 is 0.820 bits per heavy atom. The molecule has 2 aliphatic rings. The van der Waals surface area contributed by atoms with Gasteiger partial charge < -0.3 is 10.5 Å². The third-order valence-corrected chi connectivity index (χ3v) is 13.3. The molecule has 3 aromatic carbocycles. The summed E-state index contributed by atoms with van der Waals surface area (Å²) in [5, 5.41) is 4.45. The Labute approximate surface area is 294 Å². The molecule has 0 spiro atoms. The molecule has 50 heavy (non-hydrogen) atoms. The number of fused-ring (bicyclic) bond motifs is 2. The molecule has 0 aliphatic carbocycles. The smallest absolute Gasteiger partial charge is 0.325 e. The third-order valence-electron chi connectivity index (χ3n) is 9.69. The SMILES string of the molecule is C[C@@H]1C[C@H](C)CN(S(=O)(=O)c2ccc3c(N=O)c4ccc(S(=O)(=O)N5C[C@H](C)C[C@H](C)C5)cc4c(NOCOC(=O)C(N)C(C)(C)C)c3c2)C1. The van der Waals surface area contributed by atoms with Crippen LogP contribution in [-0.4, -0.2) is 70.4 Å². The van der Waals surface area contributed by atoms with Gasteiger partial charge in [0.2, 0.25) is 26.8 Å². The fourth-order valence-electron chi connectivity index (χ4n) is 7.23. The molecule has 2 heterocycles. The molecular weight excluding hydrogens is 683 g/mol. The van der Waals surface area contributed by atoms with Crippen LogP contribution in [0, 0.1) is 34.0 Å². The summed E-state index contributed by atoms with van der Waals surface area (Å²) in [4.78, 5) is 30.6. The number of carbonyl (C=O) groups is 1. The summed E-state index contributed by atoms with van der Waals surface area (Å²) in [5.74, 6) is 0.0142. The van der Waals surface area contributed by atoms with Crippen LogP contribution in [0.4, 0.5) is 11.4 Å². The quantitative estimate of drug-likeness (QED) is 0.0633. The predicted molar refractivity (Wildman–Crippen MR) is 193 cm³/mol. The summed E-state index contributed by atoms with van der Waals surface area (Å²) in [5.41, 5.74) is 8.43. The van der Waals surface area contributed by atoms with Crippen molar-refractivity contribution in [1.82, 2.24) is 8.61 Å². The maximum absolute atomic E-state index is 14.0. The molecule has 274 valence electrons. The Bertz CT molecular complexity index is 1860. The number of esters is 1. The van der Waals surface area contributed by atoms with Crippen molar-refractivity contribution >= 4 is 58.9 Å². The minimum atomic E-state index is -3.96. The van der Waals surface area contributed by atoms with Crippen LogP contribution in [0.3, 0.4) is 0 Å². The summed E-state index contributed by atoms with van der Waals surface area (Å²) >= 11 is 0. The van der Waals surface area contributed by atoms with Crippen LogP contribution in [-0.2, 0) is 34.4 Å². The van der Waals surface area contributed by atoms with Crippen molar-refractivity contribution in [3.8, 4) is 0 Å². The monoisotopic (exact) mass is 731 g/mol. The number of nitroso groups, excluding NO2 is 1. The van der Waals surface area contributed by atoms with E-state index in [0.29, 0.717) is 37.0 Å². The van der Waals surface area contributed by atoms with Gasteiger partial charge >= 0.3 is 5.97 Å². The van der Waals surface area contributed by atoms with E-state index in [1.54, 1.807) is 20.8 Å². The van der Waals surface area contributed by atoms with E-state index in [1.165, 1.54) is 45.0 Å². The first-order valence-corrected chi connectivity index (χ1v) is 19.9. The van der Waals surface area contributed by atoms with Crippen molar-refractivity contribution in [2.75, 3.05) is 38.5 Å². The van der Waals surface area contributed by atoms with Crippen molar-refractivity contribution in [3.05, 3.63) is 41.3 Å². The van der Waals surface area contributed by atoms with Crippen molar-refractivity contribution in [3.63, 3.8) is 0 Å². The molecule has 15 heteroatoms. The summed E-state index contributed by atoms with van der Waals surface area (Å²) < 4.78 is 64.1. The Hall–Kier alpha value is -3.21. The van der Waals surface area contributed by atoms with Crippen molar-refractivity contribution in [1.29, 1.82) is 0 Å². The second-order valence-corrected chi connectivity index (χ2v) is 19.3. The van der Waals surface area contributed by atoms with Crippen LogP contribution in [0.1, 0.15) is 61.3 Å². The summed E-state index contributed by atoms with van der Waals surface area (Å²) in [6.45, 7) is 14.4. The number of hydrogen-bond acceptors (Lipinski definition) is 11. The first-order chi connectivity index (χ1) is 23.3. The molecule has 2 fully saturated rings. The molecule has 5 rings (SSSR count). The molecule has 0 amide bonds. The Morgan fingerprint density at radius 2 is 1.24 bits per heavy atom. The topological polar surface area (TPSA) is 178 Å². The number of anilines is 1. The Morgan fingerprint density at radius 3 is 1.62 bits per heavy atom. The molecule has 13 nitrogen and oxygen atoms in total. The zero-order valence-corrected chi connectivity index (χ0v) is 31.4. The van der Waals surface area contributed by atoms with Gasteiger partial charge in [0.15, 0.2) is 0 Å². The number of sulfonamides is 2. The molecule has 0 bridgehead atoms. The lowest BCUT2D eigenvalue weighted by molar-refractivity contribution is -0.158. The van der Waals surface area contributed by atoms with Crippen LogP contribution >= 0.6 is 0 Å². The number of benzene rings is 3. The van der Waals surface area contributed by atoms with Crippen LogP contribution in [0.5, 0.6) is 0 Å². The fourth-order valence-corrected chi connectivity index (χ4v) is 10.6. The minimum Gasteiger partial charge on any atom is -0.435 e. The summed E-state index contributed by atoms with van der Waals surface area (Å²) in [6, 6.07) is 7.87. The highest BCUT2D eigenvalue weighted by atomic mass is 32.2. The molecule has 5 atom stereocenters. The number of ether oxygens (including phenoxy) is 1. The van der Waals surface area contributed by atoms with E-state index in [-0.39, 0.29) is 55.6 Å². The number of piperidine rings is 2. The van der Waals surface area contributed by atoms with Crippen LogP contribution in [0.2, 0.25) is 0 Å². The third kappa shape index (κ3) is 7.67. The first-order valence-electron chi connectivity index (χ1n) is 17.0. The minimum absolute atomic E-state index is 0.00630. The second-order valence-electron chi connectivity index (χ2n) is 15.4. The number of nitrogens with zero attached hydrogens (tertiary/aromatic N) is 3. The Balaban J connectivity index is 1.64. The fraction of sp³-hybridized carbons (Fsp3) is 0.571. The van der Waals surface area contributed by atoms with Gasteiger partial charge in [-0.15, -0.1) is 4.91 Å². The number of nitrogens with one attached hydrogen (secondary N) is 1. The van der Waals surface area contributed by atoms with E-state index < -0.39 is 44.3 Å². The van der Waals surface area contributed by atoms with Crippen LogP contribution in [0.15, 0.2) is 51.4 Å². The van der Waals surface area contributed by atoms with E-state index in [9.17, 15) is 26.5 Å². The molecule has 3 aromatic rings. The maximum atomic E-state index is 14.0. The highest BCUT2D eigenvalue weighted by molar-refractivity contribution is 7.89. The van der Waals surface area contributed by atoms with Crippen LogP contribution in [0.25, 0.3) is 21.5 Å². The molecule has 2 saturated heterocycles. The van der Waals surface area contributed by atoms with E-state index >= 15 is 0 Å². The normalized spacial score (nSPS) is 23.5. The largest absolute Gasteiger partial charge is 0.435 e. The van der Waals surface area contributed by atoms with E-state index in [4.69, 9.17) is 15.3 Å². The molecule has 2 aliphatic heterocycles. The van der Waals surface area contributed by atoms with E-state index in [1.807, 2.05) is 27.7 Å². The predicted octanol–water partition coefficient (Wildman–Crippen LogP) is 5.94. The standard InChI is InChI=1S/C35H49N5O8S2/c1-21-12-22(2)17-39(16-21)49(43,44)25-8-10-27-29(14-25)32(38-48-20-47-34(41)33(36)35(5,6)7)30-15-26(9-11-28(30)31(27)37-42)50(45,46)40-18-23(3)13-24(4)19-40/h8-11,14-15,21-24,33,38H,12-13,16-20,36H2,1-7H3/t21-,22+,23-,24+,33?. The maximum Gasteiger partial charge on any atom is 0.325 e. The van der Waals surface area contributed by atoms with Gasteiger partial charge in [-0.3, -0.25) is 10.3 Å². The average molecular weight is 732 g/mol. The van der Waals surface area contributed by atoms with Crippen molar-refractivity contribution < 1.29 is 31.2 Å². The van der Waals surface area contributed by atoms with Gasteiger partial charge in [0, 0.05) is 47.7 Å². The van der Waals surface area contributed by atoms with Crippen molar-refractivity contribution in [2.45, 2.75) is 77.1 Å². The lowest BCUT2D eigenvalue weighted by Crippen LogP contribution is -2.43. The van der Waals surface area contributed by atoms with Gasteiger partial charge in [-0.05, 0) is 71.4 Å². The molecule has 3 N–H and O–H groups in total. The van der Waals surface area contributed by atoms with Gasteiger partial charge in [-0.1, -0.05) is 60.6 Å².